The van der Waals surface area contributed by atoms with Crippen molar-refractivity contribution in [1.82, 2.24) is 4.98 Å². The molecular weight excluding hydrogens is 923 g/mol. The van der Waals surface area contributed by atoms with Gasteiger partial charge >= 0.3 is 35.8 Å². The van der Waals surface area contributed by atoms with Crippen molar-refractivity contribution in [3.63, 3.8) is 0 Å². The number of esters is 6. The molecule has 6 rings (SSSR count). The maximum Gasteiger partial charge on any atom is 0.343 e. The first-order valence-electron chi connectivity index (χ1n) is 21.2. The van der Waals surface area contributed by atoms with Gasteiger partial charge in [0.1, 0.15) is 43.7 Å². The summed E-state index contributed by atoms with van der Waals surface area (Å²) < 4.78 is 44.2. The third-order valence-electron chi connectivity index (χ3n) is 9.66. The fraction of sp³-hybridized carbons (Fsp3) is 0.154. The molecule has 0 radical (unpaired) electrons. The van der Waals surface area contributed by atoms with E-state index in [4.69, 9.17) is 42.9 Å². The van der Waals surface area contributed by atoms with Crippen molar-refractivity contribution in [2.45, 2.75) is 18.6 Å². The molecule has 70 heavy (non-hydrogen) atoms. The van der Waals surface area contributed by atoms with Crippen molar-refractivity contribution in [2.75, 3.05) is 38.5 Å². The van der Waals surface area contributed by atoms with Crippen LogP contribution in [0.2, 0.25) is 0 Å². The molecule has 2 atom stereocenters. The predicted octanol–water partition coefficient (Wildman–Crippen LogP) is 7.93. The summed E-state index contributed by atoms with van der Waals surface area (Å²) in [6, 6.07) is 29.1. The lowest BCUT2D eigenvalue weighted by Crippen LogP contribution is -2.30. The highest BCUT2D eigenvalue weighted by molar-refractivity contribution is 7.22. The van der Waals surface area contributed by atoms with Crippen molar-refractivity contribution in [1.29, 1.82) is 0 Å². The van der Waals surface area contributed by atoms with E-state index in [0.29, 0.717) is 22.2 Å². The maximum absolute atomic E-state index is 13.5. The molecule has 6 aromatic rings. The Labute approximate surface area is 405 Å². The first-order chi connectivity index (χ1) is 33.9. The lowest BCUT2D eigenvalue weighted by molar-refractivity contribution is -0.154. The minimum atomic E-state index is -0.952. The second-order valence-electron chi connectivity index (χ2n) is 14.5. The number of hydrogen-bond donors (Lipinski definition) is 1. The maximum atomic E-state index is 13.5. The number of carbonyl (C=O) groups excluding carboxylic acids is 6. The predicted molar refractivity (Wildman–Crippen MR) is 260 cm³/mol. The number of anilines is 1. The van der Waals surface area contributed by atoms with Gasteiger partial charge in [0.25, 0.3) is 0 Å². The van der Waals surface area contributed by atoms with Crippen LogP contribution in [0.1, 0.15) is 31.8 Å². The van der Waals surface area contributed by atoms with Gasteiger partial charge in [-0.2, -0.15) is 5.10 Å². The molecule has 0 aliphatic heterocycles. The molecule has 0 aliphatic rings. The van der Waals surface area contributed by atoms with Gasteiger partial charge in [0, 0.05) is 41.7 Å². The van der Waals surface area contributed by atoms with Crippen LogP contribution >= 0.6 is 11.3 Å². The number of rotatable bonds is 25. The van der Waals surface area contributed by atoms with Gasteiger partial charge in [0.05, 0.1) is 34.2 Å². The SMILES string of the molecule is C=CC(=O)OCC(COc1ccc(C(=O)OCCc2ccc(OC(=O)c3ccc(OCC(COC(=O)C=C)OC(=O)C=C)cc3)c(/C=N/Nc3nc4c(ccc5ccccc54)s3)c2)cc1)OC(=O)C=C. The molecule has 0 amide bonds. The van der Waals surface area contributed by atoms with E-state index in [9.17, 15) is 28.8 Å². The molecule has 18 heteroatoms. The molecular formula is C52H45N3O14S. The fourth-order valence-electron chi connectivity index (χ4n) is 6.20. The number of thiazole rings is 1. The molecule has 0 aliphatic carbocycles. The quantitative estimate of drug-likeness (QED) is 0.0144. The van der Waals surface area contributed by atoms with Gasteiger partial charge in [0.15, 0.2) is 12.2 Å². The van der Waals surface area contributed by atoms with Crippen LogP contribution in [0.3, 0.4) is 0 Å². The highest BCUT2D eigenvalue weighted by atomic mass is 32.1. The molecule has 2 unspecified atom stereocenters. The monoisotopic (exact) mass is 967 g/mol. The summed E-state index contributed by atoms with van der Waals surface area (Å²) in [5.74, 6) is -3.29. The lowest BCUT2D eigenvalue weighted by atomic mass is 10.1. The highest BCUT2D eigenvalue weighted by Crippen LogP contribution is 2.32. The summed E-state index contributed by atoms with van der Waals surface area (Å²) >= 11 is 1.43. The summed E-state index contributed by atoms with van der Waals surface area (Å²) in [7, 11) is 0. The zero-order valence-corrected chi connectivity index (χ0v) is 38.3. The van der Waals surface area contributed by atoms with Crippen molar-refractivity contribution < 1.29 is 66.7 Å². The molecule has 0 fully saturated rings. The van der Waals surface area contributed by atoms with Crippen molar-refractivity contribution in [2.24, 2.45) is 5.10 Å². The first kappa shape index (κ1) is 50.5. The molecule has 1 N–H and O–H groups in total. The zero-order chi connectivity index (χ0) is 49.8. The Morgan fingerprint density at radius 1 is 0.629 bits per heavy atom. The van der Waals surface area contributed by atoms with Crippen LogP contribution < -0.4 is 19.6 Å². The van der Waals surface area contributed by atoms with E-state index < -0.39 is 48.0 Å². The Bertz CT molecular complexity index is 2930. The molecule has 0 spiro atoms. The van der Waals surface area contributed by atoms with E-state index in [2.05, 4.69) is 36.8 Å². The fourth-order valence-corrected chi connectivity index (χ4v) is 7.03. The number of hydrazone groups is 1. The number of carbonyl (C=O) groups is 6. The van der Waals surface area contributed by atoms with Crippen LogP contribution in [-0.2, 0) is 49.3 Å². The Kier molecular flexibility index (Phi) is 18.3. The van der Waals surface area contributed by atoms with Crippen LogP contribution in [-0.4, -0.2) is 92.3 Å². The molecule has 17 nitrogen and oxygen atoms in total. The Morgan fingerprint density at radius 3 is 1.79 bits per heavy atom. The molecule has 5 aromatic carbocycles. The van der Waals surface area contributed by atoms with Crippen molar-refractivity contribution >= 4 is 79.5 Å². The summed E-state index contributed by atoms with van der Waals surface area (Å²) in [4.78, 5) is 77.8. The average molecular weight is 968 g/mol. The van der Waals surface area contributed by atoms with Gasteiger partial charge in [0.2, 0.25) is 5.13 Å². The number of benzene rings is 5. The largest absolute Gasteiger partial charge is 0.490 e. The second kappa shape index (κ2) is 25.3. The summed E-state index contributed by atoms with van der Waals surface area (Å²) in [5, 5.41) is 7.04. The van der Waals surface area contributed by atoms with Crippen molar-refractivity contribution in [3.8, 4) is 17.2 Å². The summed E-state index contributed by atoms with van der Waals surface area (Å²) in [6.07, 6.45) is 3.78. The van der Waals surface area contributed by atoms with Crippen LogP contribution in [0.25, 0.3) is 21.0 Å². The minimum Gasteiger partial charge on any atom is -0.490 e. The minimum absolute atomic E-state index is 0.00365. The molecule has 1 heterocycles. The Balaban J connectivity index is 1.10. The number of hydrogen-bond acceptors (Lipinski definition) is 18. The van der Waals surface area contributed by atoms with E-state index >= 15 is 0 Å². The third-order valence-corrected chi connectivity index (χ3v) is 10.6. The topological polar surface area (TPSA) is 214 Å². The average Bonchev–Trinajstić information content (AvgIpc) is 3.82. The summed E-state index contributed by atoms with van der Waals surface area (Å²) in [5.41, 5.74) is 5.40. The second-order valence-corrected chi connectivity index (χ2v) is 15.6. The standard InChI is InChI=1S/C52H45N3O14S/c1-5-45(56)65-31-40(67-47(58)7-3)29-63-38-19-14-35(15-20-38)50(60)62-26-25-33-13-23-43(37(27-33)28-53-55-52-54-49-42-12-10-9-11-34(42)18-24-44(49)70-52)69-51(61)36-16-21-39(22-17-36)64-30-41(68-48(59)8-4)32-66-46(57)6-2/h5-24,27-28,40-41H,1-4,25-26,29-32H2,(H,54,55)/b53-28+. The molecule has 0 bridgehead atoms. The van der Waals surface area contributed by atoms with Gasteiger partial charge in [-0.1, -0.05) is 74.1 Å². The number of nitrogens with zero attached hydrogens (tertiary/aromatic N) is 2. The Morgan fingerprint density at radius 2 is 1.20 bits per heavy atom. The number of aromatic nitrogens is 1. The van der Waals surface area contributed by atoms with E-state index in [-0.39, 0.29) is 56.3 Å². The smallest absolute Gasteiger partial charge is 0.343 e. The Hall–Kier alpha value is -8.90. The lowest BCUT2D eigenvalue weighted by Gasteiger charge is -2.17. The number of fused-ring (bicyclic) bond motifs is 3. The van der Waals surface area contributed by atoms with Gasteiger partial charge in [-0.15, -0.1) is 0 Å². The van der Waals surface area contributed by atoms with Gasteiger partial charge in [-0.05, 0) is 77.7 Å². The van der Waals surface area contributed by atoms with Crippen molar-refractivity contribution in [3.05, 3.63) is 176 Å². The molecule has 0 saturated carbocycles. The van der Waals surface area contributed by atoms with Crippen LogP contribution in [0.4, 0.5) is 5.13 Å². The van der Waals surface area contributed by atoms with E-state index in [1.165, 1.54) is 66.1 Å². The van der Waals surface area contributed by atoms with E-state index in [0.717, 1.165) is 50.9 Å². The van der Waals surface area contributed by atoms with Gasteiger partial charge in [-0.25, -0.2) is 33.8 Å². The van der Waals surface area contributed by atoms with E-state index in [1.807, 2.05) is 36.4 Å². The van der Waals surface area contributed by atoms with Crippen LogP contribution in [0.5, 0.6) is 17.2 Å². The van der Waals surface area contributed by atoms with Crippen LogP contribution in [0, 0.1) is 0 Å². The molecule has 358 valence electrons. The molecule has 0 saturated heterocycles. The zero-order valence-electron chi connectivity index (χ0n) is 37.4. The first-order valence-corrected chi connectivity index (χ1v) is 22.1. The van der Waals surface area contributed by atoms with Gasteiger partial charge < -0.3 is 37.9 Å². The van der Waals surface area contributed by atoms with Gasteiger partial charge in [-0.3, -0.25) is 5.43 Å². The van der Waals surface area contributed by atoms with Crippen LogP contribution in [0.15, 0.2) is 159 Å². The highest BCUT2D eigenvalue weighted by Gasteiger charge is 2.19. The number of ether oxygens (including phenoxy) is 8. The number of nitrogens with one attached hydrogen (secondary N) is 1. The normalized spacial score (nSPS) is 11.6. The summed E-state index contributed by atoms with van der Waals surface area (Å²) in [6.45, 7) is 12.5. The third kappa shape index (κ3) is 14.8. The molecule has 1 aromatic heterocycles. The van der Waals surface area contributed by atoms with E-state index in [1.54, 1.807) is 18.2 Å².